The highest BCUT2D eigenvalue weighted by molar-refractivity contribution is 8.03. The third kappa shape index (κ3) is 5.48. The highest BCUT2D eigenvalue weighted by Gasteiger charge is 2.04. The van der Waals surface area contributed by atoms with Crippen LogP contribution in [0.5, 0.6) is 0 Å². The second-order valence-corrected chi connectivity index (χ2v) is 9.12. The SMILES string of the molecule is CCSc1nnc(SCCCSc2ccccc2Cl)s1. The van der Waals surface area contributed by atoms with Gasteiger partial charge < -0.3 is 0 Å². The molecular weight excluding hydrogens is 348 g/mol. The summed E-state index contributed by atoms with van der Waals surface area (Å²) in [5, 5.41) is 9.18. The van der Waals surface area contributed by atoms with Crippen LogP contribution in [0.1, 0.15) is 13.3 Å². The van der Waals surface area contributed by atoms with Gasteiger partial charge in [0.15, 0.2) is 8.68 Å². The summed E-state index contributed by atoms with van der Waals surface area (Å²) < 4.78 is 2.14. The predicted molar refractivity (Wildman–Crippen MR) is 93.8 cm³/mol. The Bertz CT molecular complexity index is 533. The molecule has 2 nitrogen and oxygen atoms in total. The summed E-state index contributed by atoms with van der Waals surface area (Å²) in [6.07, 6.45) is 1.14. The minimum atomic E-state index is 0.843. The molecule has 2 rings (SSSR count). The summed E-state index contributed by atoms with van der Waals surface area (Å²) in [6, 6.07) is 7.99. The molecule has 1 heterocycles. The first-order chi connectivity index (χ1) is 9.79. The van der Waals surface area contributed by atoms with Gasteiger partial charge in [0.25, 0.3) is 0 Å². The average Bonchev–Trinajstić information content (AvgIpc) is 2.88. The summed E-state index contributed by atoms with van der Waals surface area (Å²) >= 11 is 13.2. The van der Waals surface area contributed by atoms with Gasteiger partial charge >= 0.3 is 0 Å². The molecule has 0 N–H and O–H groups in total. The maximum absolute atomic E-state index is 6.12. The van der Waals surface area contributed by atoms with Gasteiger partial charge in [-0.25, -0.2) is 0 Å². The van der Waals surface area contributed by atoms with E-state index in [1.54, 1.807) is 34.9 Å². The lowest BCUT2D eigenvalue weighted by atomic mass is 10.4. The number of hydrogen-bond donors (Lipinski definition) is 0. The van der Waals surface area contributed by atoms with E-state index in [4.69, 9.17) is 11.6 Å². The Morgan fingerprint density at radius 1 is 1.05 bits per heavy atom. The molecule has 0 saturated carbocycles. The van der Waals surface area contributed by atoms with Crippen molar-refractivity contribution in [1.29, 1.82) is 0 Å². The zero-order valence-corrected chi connectivity index (χ0v) is 15.1. The highest BCUT2D eigenvalue weighted by atomic mass is 35.5. The minimum Gasteiger partial charge on any atom is -0.131 e. The zero-order chi connectivity index (χ0) is 14.2. The summed E-state index contributed by atoms with van der Waals surface area (Å²) in [6.45, 7) is 2.13. The van der Waals surface area contributed by atoms with Crippen LogP contribution >= 0.6 is 58.2 Å². The maximum atomic E-state index is 6.12. The fraction of sp³-hybridized carbons (Fsp3) is 0.385. The first-order valence-corrected chi connectivity index (χ1v) is 10.4. The third-order valence-electron chi connectivity index (χ3n) is 2.26. The number of rotatable bonds is 8. The molecular formula is C13H15ClN2S4. The fourth-order valence-electron chi connectivity index (χ4n) is 1.40. The van der Waals surface area contributed by atoms with Crippen LogP contribution in [0.3, 0.4) is 0 Å². The standard InChI is InChI=1S/C13H15ClN2S4/c1-2-17-12-15-16-13(20-12)19-9-5-8-18-11-7-4-3-6-10(11)14/h3-4,6-7H,2,5,8-9H2,1H3. The second kappa shape index (κ2) is 9.20. The van der Waals surface area contributed by atoms with Crippen molar-refractivity contribution < 1.29 is 0 Å². The van der Waals surface area contributed by atoms with E-state index >= 15 is 0 Å². The Morgan fingerprint density at radius 2 is 1.75 bits per heavy atom. The Morgan fingerprint density at radius 3 is 2.50 bits per heavy atom. The molecule has 0 aliphatic heterocycles. The van der Waals surface area contributed by atoms with E-state index in [2.05, 4.69) is 23.2 Å². The molecule has 1 aromatic heterocycles. The van der Waals surface area contributed by atoms with E-state index in [0.29, 0.717) is 0 Å². The van der Waals surface area contributed by atoms with Crippen molar-refractivity contribution in [2.24, 2.45) is 0 Å². The molecule has 0 unspecified atom stereocenters. The average molecular weight is 363 g/mol. The molecule has 0 aliphatic rings. The van der Waals surface area contributed by atoms with E-state index < -0.39 is 0 Å². The van der Waals surface area contributed by atoms with Crippen molar-refractivity contribution in [3.8, 4) is 0 Å². The highest BCUT2D eigenvalue weighted by Crippen LogP contribution is 2.30. The fourth-order valence-corrected chi connectivity index (χ4v) is 5.70. The topological polar surface area (TPSA) is 25.8 Å². The summed E-state index contributed by atoms with van der Waals surface area (Å²) in [4.78, 5) is 1.16. The van der Waals surface area contributed by atoms with E-state index in [-0.39, 0.29) is 0 Å². The van der Waals surface area contributed by atoms with Crippen LogP contribution in [0, 0.1) is 0 Å². The third-order valence-corrected chi connectivity index (χ3v) is 7.02. The number of thioether (sulfide) groups is 3. The number of benzene rings is 1. The molecule has 0 fully saturated rings. The second-order valence-electron chi connectivity index (χ2n) is 3.75. The normalized spacial score (nSPS) is 10.9. The van der Waals surface area contributed by atoms with E-state index in [9.17, 15) is 0 Å². The lowest BCUT2D eigenvalue weighted by Gasteiger charge is -2.02. The van der Waals surface area contributed by atoms with Gasteiger partial charge in [0.05, 0.1) is 5.02 Å². The summed E-state index contributed by atoms with van der Waals surface area (Å²) in [7, 11) is 0. The van der Waals surface area contributed by atoms with Gasteiger partial charge in [-0.15, -0.1) is 22.0 Å². The number of aromatic nitrogens is 2. The monoisotopic (exact) mass is 362 g/mol. The van der Waals surface area contributed by atoms with Gasteiger partial charge in [-0.2, -0.15) is 0 Å². The van der Waals surface area contributed by atoms with Gasteiger partial charge in [-0.05, 0) is 30.1 Å². The van der Waals surface area contributed by atoms with Gasteiger partial charge in [0.1, 0.15) is 0 Å². The van der Waals surface area contributed by atoms with Crippen molar-refractivity contribution in [3.05, 3.63) is 29.3 Å². The molecule has 1 aromatic carbocycles. The van der Waals surface area contributed by atoms with Crippen molar-refractivity contribution in [2.75, 3.05) is 17.3 Å². The van der Waals surface area contributed by atoms with Gasteiger partial charge in [-0.3, -0.25) is 0 Å². The Hall–Kier alpha value is 0.120. The Labute approximate surface area is 141 Å². The molecule has 0 saturated heterocycles. The van der Waals surface area contributed by atoms with Crippen molar-refractivity contribution >= 4 is 58.2 Å². The molecule has 0 amide bonds. The van der Waals surface area contributed by atoms with Gasteiger partial charge in [0, 0.05) is 10.6 Å². The van der Waals surface area contributed by atoms with Crippen LogP contribution in [0.4, 0.5) is 0 Å². The zero-order valence-electron chi connectivity index (χ0n) is 11.0. The lowest BCUT2D eigenvalue weighted by Crippen LogP contribution is -1.84. The smallest absolute Gasteiger partial charge is 0.131 e. The molecule has 7 heteroatoms. The first-order valence-electron chi connectivity index (χ1n) is 6.26. The molecule has 0 spiro atoms. The van der Waals surface area contributed by atoms with Gasteiger partial charge in [-0.1, -0.05) is 65.5 Å². The van der Waals surface area contributed by atoms with Crippen LogP contribution < -0.4 is 0 Å². The molecule has 0 bridgehead atoms. The Balaban J connectivity index is 1.65. The van der Waals surface area contributed by atoms with Crippen LogP contribution in [-0.4, -0.2) is 27.5 Å². The van der Waals surface area contributed by atoms with Crippen LogP contribution in [-0.2, 0) is 0 Å². The molecule has 0 atom stereocenters. The quantitative estimate of drug-likeness (QED) is 0.451. The van der Waals surface area contributed by atoms with E-state index in [1.807, 2.05) is 30.0 Å². The molecule has 0 aliphatic carbocycles. The first kappa shape index (κ1) is 16.5. The van der Waals surface area contributed by atoms with Crippen LogP contribution in [0.15, 0.2) is 37.8 Å². The van der Waals surface area contributed by atoms with Crippen molar-refractivity contribution in [2.45, 2.75) is 26.9 Å². The van der Waals surface area contributed by atoms with Crippen molar-refractivity contribution in [3.63, 3.8) is 0 Å². The van der Waals surface area contributed by atoms with Gasteiger partial charge in [0.2, 0.25) is 0 Å². The largest absolute Gasteiger partial charge is 0.175 e. The van der Waals surface area contributed by atoms with E-state index in [0.717, 1.165) is 42.3 Å². The van der Waals surface area contributed by atoms with Crippen LogP contribution in [0.2, 0.25) is 5.02 Å². The lowest BCUT2D eigenvalue weighted by molar-refractivity contribution is 0.953. The minimum absolute atomic E-state index is 0.843. The molecule has 0 radical (unpaired) electrons. The van der Waals surface area contributed by atoms with Crippen molar-refractivity contribution in [1.82, 2.24) is 10.2 Å². The molecule has 20 heavy (non-hydrogen) atoms. The number of nitrogens with zero attached hydrogens (tertiary/aromatic N) is 2. The summed E-state index contributed by atoms with van der Waals surface area (Å²) in [5.74, 6) is 3.20. The number of halogens is 1. The maximum Gasteiger partial charge on any atom is 0.175 e. The Kier molecular flexibility index (Phi) is 7.59. The number of hydrogen-bond acceptors (Lipinski definition) is 6. The molecule has 2 aromatic rings. The molecule has 108 valence electrons. The summed E-state index contributed by atoms with van der Waals surface area (Å²) in [5.41, 5.74) is 0. The van der Waals surface area contributed by atoms with E-state index in [1.165, 1.54) is 0 Å². The predicted octanol–water partition coefficient (Wildman–Crippen LogP) is 5.58. The van der Waals surface area contributed by atoms with Crippen LogP contribution in [0.25, 0.3) is 0 Å².